The van der Waals surface area contributed by atoms with E-state index < -0.39 is 0 Å². The third kappa shape index (κ3) is 10.5. The molecular weight excluding hydrogens is 307 g/mol. The Labute approximate surface area is 115 Å². The summed E-state index contributed by atoms with van der Waals surface area (Å²) in [5.74, 6) is 0. The normalized spacial score (nSPS) is 14.5. The molecule has 0 atom stereocenters. The predicted octanol–water partition coefficient (Wildman–Crippen LogP) is 6.19. The summed E-state index contributed by atoms with van der Waals surface area (Å²) in [4.78, 5) is 0. The van der Waals surface area contributed by atoms with Crippen molar-refractivity contribution in [1.29, 1.82) is 0 Å². The van der Waals surface area contributed by atoms with Crippen molar-refractivity contribution >= 4 is 22.6 Å². The van der Waals surface area contributed by atoms with Gasteiger partial charge in [0.2, 0.25) is 0 Å². The van der Waals surface area contributed by atoms with E-state index in [4.69, 9.17) is 0 Å². The van der Waals surface area contributed by atoms with Crippen LogP contribution >= 0.6 is 22.6 Å². The van der Waals surface area contributed by atoms with Gasteiger partial charge in [-0.2, -0.15) is 0 Å². The first kappa shape index (κ1) is 16.0. The van der Waals surface area contributed by atoms with E-state index in [1.54, 1.807) is 0 Å². The lowest BCUT2D eigenvalue weighted by atomic mass is 10.2. The van der Waals surface area contributed by atoms with Crippen molar-refractivity contribution in [3.8, 4) is 0 Å². The van der Waals surface area contributed by atoms with Crippen molar-refractivity contribution in [2.24, 2.45) is 0 Å². The van der Waals surface area contributed by atoms with E-state index >= 15 is 0 Å². The highest BCUT2D eigenvalue weighted by Gasteiger charge is 1.89. The maximum absolute atomic E-state index is 2.36. The quantitative estimate of drug-likeness (QED) is 0.425. The summed E-state index contributed by atoms with van der Waals surface area (Å²) in [7, 11) is 0. The van der Waals surface area contributed by atoms with Crippen LogP contribution < -0.4 is 0 Å². The van der Waals surface area contributed by atoms with Gasteiger partial charge >= 0.3 is 0 Å². The Balaban J connectivity index is 0.000000293. The molecule has 0 spiro atoms. The Kier molecular flexibility index (Phi) is 11.4. The zero-order valence-electron chi connectivity index (χ0n) is 10.9. The molecule has 0 aromatic rings. The van der Waals surface area contributed by atoms with Gasteiger partial charge in [-0.15, -0.1) is 0 Å². The topological polar surface area (TPSA) is 0 Å². The Morgan fingerprint density at radius 2 is 1.69 bits per heavy atom. The fourth-order valence-electron chi connectivity index (χ4n) is 1.38. The summed E-state index contributed by atoms with van der Waals surface area (Å²) in [5.41, 5.74) is 1.33. The first-order chi connectivity index (χ1) is 7.70. The molecule has 92 valence electrons. The molecule has 0 amide bonds. The number of allylic oxidation sites excluding steroid dienone is 6. The summed E-state index contributed by atoms with van der Waals surface area (Å²) in [6.07, 6.45) is 16.8. The Hall–Kier alpha value is -0.0500. The van der Waals surface area contributed by atoms with Crippen molar-refractivity contribution in [3.63, 3.8) is 0 Å². The molecule has 16 heavy (non-hydrogen) atoms. The Morgan fingerprint density at radius 3 is 2.25 bits per heavy atom. The lowest BCUT2D eigenvalue weighted by Gasteiger charge is -1.90. The van der Waals surface area contributed by atoms with Gasteiger partial charge in [-0.25, -0.2) is 0 Å². The van der Waals surface area contributed by atoms with E-state index in [9.17, 15) is 0 Å². The van der Waals surface area contributed by atoms with Gasteiger partial charge in [0.1, 0.15) is 0 Å². The van der Waals surface area contributed by atoms with Crippen molar-refractivity contribution in [2.45, 2.75) is 59.3 Å². The maximum Gasteiger partial charge on any atom is -0.00359 e. The predicted molar refractivity (Wildman–Crippen MR) is 84.1 cm³/mol. The molecule has 0 bridgehead atoms. The monoisotopic (exact) mass is 332 g/mol. The number of hydrogen-bond acceptors (Lipinski definition) is 0. The van der Waals surface area contributed by atoms with Gasteiger partial charge in [0.15, 0.2) is 0 Å². The summed E-state index contributed by atoms with van der Waals surface area (Å²) < 4.78 is 1.40. The van der Waals surface area contributed by atoms with E-state index in [-0.39, 0.29) is 0 Å². The van der Waals surface area contributed by atoms with Gasteiger partial charge in [0.05, 0.1) is 0 Å². The van der Waals surface area contributed by atoms with Gasteiger partial charge < -0.3 is 0 Å². The minimum atomic E-state index is 1.09. The molecule has 0 aliphatic heterocycles. The third-order valence-corrected chi connectivity index (χ3v) is 3.23. The van der Waals surface area contributed by atoms with Crippen LogP contribution in [0.2, 0.25) is 0 Å². The Morgan fingerprint density at radius 1 is 1.06 bits per heavy atom. The molecule has 0 saturated heterocycles. The first-order valence-corrected chi connectivity index (χ1v) is 7.48. The van der Waals surface area contributed by atoms with E-state index in [0.29, 0.717) is 0 Å². The van der Waals surface area contributed by atoms with Crippen LogP contribution in [0, 0.1) is 0 Å². The van der Waals surface area contributed by atoms with Crippen LogP contribution in [0.3, 0.4) is 0 Å². The van der Waals surface area contributed by atoms with Crippen LogP contribution in [0.25, 0.3) is 0 Å². The van der Waals surface area contributed by atoms with Crippen LogP contribution in [0.4, 0.5) is 0 Å². The van der Waals surface area contributed by atoms with Crippen LogP contribution in [0.15, 0.2) is 33.5 Å². The number of unbranched alkanes of at least 4 members (excludes halogenated alkanes) is 4. The van der Waals surface area contributed by atoms with E-state index in [0.717, 1.165) is 6.42 Å². The highest BCUT2D eigenvalue weighted by Crippen LogP contribution is 2.16. The summed E-state index contributed by atoms with van der Waals surface area (Å²) in [5, 5.41) is 0. The molecule has 1 aliphatic rings. The second-order valence-electron chi connectivity index (χ2n) is 4.19. The van der Waals surface area contributed by atoms with Gasteiger partial charge in [0.25, 0.3) is 0 Å². The Bertz CT molecular complexity index is 242. The average Bonchev–Trinajstić information content (AvgIpc) is 2.45. The molecule has 0 saturated carbocycles. The molecule has 0 aromatic carbocycles. The smallest absolute Gasteiger partial charge is 0.00359 e. The zero-order chi connectivity index (χ0) is 12.2. The molecule has 0 aromatic heterocycles. The van der Waals surface area contributed by atoms with E-state index in [2.05, 4.69) is 67.7 Å². The molecule has 0 N–H and O–H groups in total. The molecule has 0 nitrogen and oxygen atoms in total. The molecule has 1 heteroatoms. The van der Waals surface area contributed by atoms with Gasteiger partial charge in [0, 0.05) is 0 Å². The second-order valence-corrected chi connectivity index (χ2v) is 5.58. The van der Waals surface area contributed by atoms with Crippen molar-refractivity contribution in [2.75, 3.05) is 0 Å². The summed E-state index contributed by atoms with van der Waals surface area (Å²) in [6, 6.07) is 0. The average molecular weight is 332 g/mol. The highest BCUT2D eigenvalue weighted by atomic mass is 127. The van der Waals surface area contributed by atoms with Gasteiger partial charge in [-0.3, -0.25) is 0 Å². The minimum absolute atomic E-state index is 1.09. The van der Waals surface area contributed by atoms with Crippen LogP contribution in [0.5, 0.6) is 0 Å². The first-order valence-electron chi connectivity index (χ1n) is 6.40. The van der Waals surface area contributed by atoms with E-state index in [1.807, 2.05) is 0 Å². The van der Waals surface area contributed by atoms with Gasteiger partial charge in [-0.1, -0.05) is 75.8 Å². The number of hydrogen-bond donors (Lipinski definition) is 0. The molecule has 0 heterocycles. The molecule has 1 aliphatic carbocycles. The summed E-state index contributed by atoms with van der Waals surface area (Å²) >= 11 is 2.36. The standard InChI is InChI=1S/C8H9I.C7H16/c1-7-3-2-4-8(9)6-5-7;1-3-5-7-6-4-2/h2-3,5-6H,4H2,1H3;3-7H2,1-2H3. The molecule has 1 rings (SSSR count). The molecule has 0 radical (unpaired) electrons. The van der Waals surface area contributed by atoms with Crippen molar-refractivity contribution < 1.29 is 0 Å². The van der Waals surface area contributed by atoms with Crippen LogP contribution in [0.1, 0.15) is 59.3 Å². The molecule has 0 fully saturated rings. The van der Waals surface area contributed by atoms with Crippen molar-refractivity contribution in [3.05, 3.63) is 33.5 Å². The molecular formula is C15H25I. The minimum Gasteiger partial charge on any atom is -0.0794 e. The van der Waals surface area contributed by atoms with Crippen LogP contribution in [-0.2, 0) is 0 Å². The van der Waals surface area contributed by atoms with Gasteiger partial charge in [-0.05, 0) is 39.5 Å². The number of halogens is 1. The lowest BCUT2D eigenvalue weighted by Crippen LogP contribution is -1.70. The fraction of sp³-hybridized carbons (Fsp3) is 0.600. The van der Waals surface area contributed by atoms with E-state index in [1.165, 1.54) is 41.3 Å². The SMILES string of the molecule is CC1=CC=C(I)CC=C1.CCCCCCC. The lowest BCUT2D eigenvalue weighted by molar-refractivity contribution is 0.656. The molecule has 0 unspecified atom stereocenters. The second kappa shape index (κ2) is 11.4. The maximum atomic E-state index is 2.36. The third-order valence-electron chi connectivity index (χ3n) is 2.43. The fourth-order valence-corrected chi connectivity index (χ4v) is 1.81. The largest absolute Gasteiger partial charge is 0.0794 e. The van der Waals surface area contributed by atoms with Crippen LogP contribution in [-0.4, -0.2) is 0 Å². The highest BCUT2D eigenvalue weighted by molar-refractivity contribution is 14.1. The zero-order valence-corrected chi connectivity index (χ0v) is 13.1. The number of rotatable bonds is 4. The summed E-state index contributed by atoms with van der Waals surface area (Å²) in [6.45, 7) is 6.60. The van der Waals surface area contributed by atoms with Crippen molar-refractivity contribution in [1.82, 2.24) is 0 Å².